The fourth-order valence-corrected chi connectivity index (χ4v) is 4.69. The molecule has 0 spiro atoms. The number of carbonyl (C=O) groups excluding carboxylic acids is 1. The predicted octanol–water partition coefficient (Wildman–Crippen LogP) is 5.11. The van der Waals surface area contributed by atoms with Gasteiger partial charge in [-0.05, 0) is 37.6 Å². The second kappa shape index (κ2) is 7.89. The number of H-pyrrole nitrogens is 1. The SMILES string of the molecule is Cc1[nH]nc2c1C(c1ccccc1OCc1ccc(Cl)cc1)SC(C)C(=O)N2. The van der Waals surface area contributed by atoms with Crippen LogP contribution in [0.15, 0.2) is 48.5 Å². The van der Waals surface area contributed by atoms with E-state index in [9.17, 15) is 4.79 Å². The molecule has 28 heavy (non-hydrogen) atoms. The van der Waals surface area contributed by atoms with E-state index in [2.05, 4.69) is 15.5 Å². The highest BCUT2D eigenvalue weighted by molar-refractivity contribution is 8.01. The molecule has 0 radical (unpaired) electrons. The molecule has 7 heteroatoms. The first-order chi connectivity index (χ1) is 13.5. The Morgan fingerprint density at radius 3 is 2.71 bits per heavy atom. The molecule has 4 rings (SSSR count). The van der Waals surface area contributed by atoms with Gasteiger partial charge in [-0.3, -0.25) is 9.89 Å². The quantitative estimate of drug-likeness (QED) is 0.623. The van der Waals surface area contributed by atoms with Crippen molar-refractivity contribution >= 4 is 35.1 Å². The third kappa shape index (κ3) is 3.75. The largest absolute Gasteiger partial charge is 0.489 e. The van der Waals surface area contributed by atoms with Gasteiger partial charge >= 0.3 is 0 Å². The first-order valence-corrected chi connectivity index (χ1v) is 10.3. The van der Waals surface area contributed by atoms with Crippen LogP contribution in [0.3, 0.4) is 0 Å². The number of amides is 1. The van der Waals surface area contributed by atoms with Crippen molar-refractivity contribution in [3.63, 3.8) is 0 Å². The number of para-hydroxylation sites is 1. The lowest BCUT2D eigenvalue weighted by atomic mass is 10.0. The summed E-state index contributed by atoms with van der Waals surface area (Å²) in [7, 11) is 0. The number of fused-ring (bicyclic) bond motifs is 1. The molecule has 144 valence electrons. The van der Waals surface area contributed by atoms with Crippen LogP contribution in [0.4, 0.5) is 5.82 Å². The minimum Gasteiger partial charge on any atom is -0.489 e. The third-order valence-corrected chi connectivity index (χ3v) is 6.35. The monoisotopic (exact) mass is 413 g/mol. The molecule has 0 saturated heterocycles. The number of hydrogen-bond acceptors (Lipinski definition) is 4. The molecule has 3 aromatic rings. The average Bonchev–Trinajstić information content (AvgIpc) is 2.99. The van der Waals surface area contributed by atoms with Crippen molar-refractivity contribution in [2.45, 2.75) is 31.0 Å². The molecule has 1 aliphatic heterocycles. The highest BCUT2D eigenvalue weighted by atomic mass is 35.5. The molecule has 2 heterocycles. The smallest absolute Gasteiger partial charge is 0.238 e. The number of nitrogens with zero attached hydrogens (tertiary/aromatic N) is 1. The summed E-state index contributed by atoms with van der Waals surface area (Å²) >= 11 is 7.56. The van der Waals surface area contributed by atoms with E-state index < -0.39 is 0 Å². The lowest BCUT2D eigenvalue weighted by molar-refractivity contribution is -0.115. The highest BCUT2D eigenvalue weighted by Gasteiger charge is 2.33. The summed E-state index contributed by atoms with van der Waals surface area (Å²) in [6, 6.07) is 15.6. The van der Waals surface area contributed by atoms with Gasteiger partial charge in [0.25, 0.3) is 0 Å². The average molecular weight is 414 g/mol. The van der Waals surface area contributed by atoms with Crippen LogP contribution in [-0.4, -0.2) is 21.4 Å². The van der Waals surface area contributed by atoms with E-state index in [1.54, 1.807) is 11.8 Å². The zero-order valence-corrected chi connectivity index (χ0v) is 17.1. The van der Waals surface area contributed by atoms with Crippen molar-refractivity contribution in [3.05, 3.63) is 75.9 Å². The normalized spacial score (nSPS) is 18.9. The number of carbonyl (C=O) groups is 1. The molecule has 0 saturated carbocycles. The van der Waals surface area contributed by atoms with E-state index in [0.717, 1.165) is 28.1 Å². The molecular weight excluding hydrogens is 394 g/mol. The number of ether oxygens (including phenoxy) is 1. The second-order valence-corrected chi connectivity index (χ2v) is 8.60. The molecule has 2 N–H and O–H groups in total. The minimum absolute atomic E-state index is 0.0418. The summed E-state index contributed by atoms with van der Waals surface area (Å²) < 4.78 is 6.16. The van der Waals surface area contributed by atoms with Gasteiger partial charge in [0.15, 0.2) is 5.82 Å². The summed E-state index contributed by atoms with van der Waals surface area (Å²) in [6.45, 7) is 4.32. The Hall–Kier alpha value is -2.44. The van der Waals surface area contributed by atoms with Gasteiger partial charge in [-0.2, -0.15) is 5.10 Å². The van der Waals surface area contributed by atoms with E-state index in [0.29, 0.717) is 17.4 Å². The van der Waals surface area contributed by atoms with Gasteiger partial charge in [0.05, 0.1) is 10.5 Å². The van der Waals surface area contributed by atoms with Gasteiger partial charge in [-0.15, -0.1) is 11.8 Å². The first kappa shape index (κ1) is 18.9. The third-order valence-electron chi connectivity index (χ3n) is 4.72. The molecule has 2 atom stereocenters. The number of aromatic nitrogens is 2. The number of rotatable bonds is 4. The lowest BCUT2D eigenvalue weighted by Gasteiger charge is -2.21. The van der Waals surface area contributed by atoms with E-state index in [1.807, 2.05) is 62.4 Å². The number of benzene rings is 2. The number of aromatic amines is 1. The summed E-state index contributed by atoms with van der Waals surface area (Å²) in [4.78, 5) is 12.4. The van der Waals surface area contributed by atoms with Gasteiger partial charge in [-0.25, -0.2) is 0 Å². The minimum atomic E-state index is -0.206. The maximum absolute atomic E-state index is 12.4. The molecule has 0 aliphatic carbocycles. The predicted molar refractivity (Wildman–Crippen MR) is 113 cm³/mol. The Bertz CT molecular complexity index is 1000. The summed E-state index contributed by atoms with van der Waals surface area (Å²) in [5.41, 5.74) is 3.99. The van der Waals surface area contributed by atoms with Gasteiger partial charge in [0, 0.05) is 21.8 Å². The van der Waals surface area contributed by atoms with Crippen molar-refractivity contribution in [2.24, 2.45) is 0 Å². The summed E-state index contributed by atoms with van der Waals surface area (Å²) in [6.07, 6.45) is 0. The molecule has 2 aromatic carbocycles. The Morgan fingerprint density at radius 1 is 1.18 bits per heavy atom. The van der Waals surface area contributed by atoms with Crippen LogP contribution in [0.1, 0.15) is 34.6 Å². The van der Waals surface area contributed by atoms with E-state index in [4.69, 9.17) is 16.3 Å². The van der Waals surface area contributed by atoms with E-state index in [1.165, 1.54) is 0 Å². The summed E-state index contributed by atoms with van der Waals surface area (Å²) in [5, 5.41) is 10.6. The maximum Gasteiger partial charge on any atom is 0.238 e. The van der Waals surface area contributed by atoms with Crippen LogP contribution < -0.4 is 10.1 Å². The van der Waals surface area contributed by atoms with Crippen LogP contribution >= 0.6 is 23.4 Å². The van der Waals surface area contributed by atoms with Gasteiger partial charge in [-0.1, -0.05) is 41.9 Å². The molecular formula is C21H20ClN3O2S. The van der Waals surface area contributed by atoms with Crippen LogP contribution in [0.25, 0.3) is 0 Å². The van der Waals surface area contributed by atoms with Gasteiger partial charge in [0.1, 0.15) is 12.4 Å². The van der Waals surface area contributed by atoms with Crippen molar-refractivity contribution in [1.29, 1.82) is 0 Å². The lowest BCUT2D eigenvalue weighted by Crippen LogP contribution is -2.21. The van der Waals surface area contributed by atoms with Crippen LogP contribution in [0.5, 0.6) is 5.75 Å². The molecule has 1 amide bonds. The molecule has 5 nitrogen and oxygen atoms in total. The Labute approximate surface area is 172 Å². The van der Waals surface area contributed by atoms with Gasteiger partial charge < -0.3 is 10.1 Å². The maximum atomic E-state index is 12.4. The number of anilines is 1. The van der Waals surface area contributed by atoms with Crippen LogP contribution in [0.2, 0.25) is 5.02 Å². The Kier molecular flexibility index (Phi) is 5.33. The second-order valence-electron chi connectivity index (χ2n) is 6.71. The van der Waals surface area contributed by atoms with E-state index in [-0.39, 0.29) is 16.4 Å². The zero-order chi connectivity index (χ0) is 19.7. The number of halogens is 1. The molecule has 1 aromatic heterocycles. The van der Waals surface area contributed by atoms with Crippen LogP contribution in [-0.2, 0) is 11.4 Å². The Morgan fingerprint density at radius 2 is 1.93 bits per heavy atom. The first-order valence-electron chi connectivity index (χ1n) is 9.00. The molecule has 0 fully saturated rings. The van der Waals surface area contributed by atoms with Crippen molar-refractivity contribution in [1.82, 2.24) is 10.2 Å². The number of aryl methyl sites for hydroxylation is 1. The molecule has 0 bridgehead atoms. The fourth-order valence-electron chi connectivity index (χ4n) is 3.21. The van der Waals surface area contributed by atoms with Crippen molar-refractivity contribution in [3.8, 4) is 5.75 Å². The van der Waals surface area contributed by atoms with Crippen molar-refractivity contribution in [2.75, 3.05) is 5.32 Å². The van der Waals surface area contributed by atoms with E-state index >= 15 is 0 Å². The Balaban J connectivity index is 1.68. The highest BCUT2D eigenvalue weighted by Crippen LogP contribution is 2.47. The van der Waals surface area contributed by atoms with Crippen molar-refractivity contribution < 1.29 is 9.53 Å². The topological polar surface area (TPSA) is 67.0 Å². The number of nitrogens with one attached hydrogen (secondary N) is 2. The van der Waals surface area contributed by atoms with Crippen LogP contribution in [0, 0.1) is 6.92 Å². The summed E-state index contributed by atoms with van der Waals surface area (Å²) in [5.74, 6) is 1.35. The van der Waals surface area contributed by atoms with Gasteiger partial charge in [0.2, 0.25) is 5.91 Å². The standard InChI is InChI=1S/C21H20ClN3O2S/c1-12-18-19(28-13(2)21(26)23-20(18)25-24-12)16-5-3-4-6-17(16)27-11-14-7-9-15(22)10-8-14/h3-10,13,19H,11H2,1-2H3,(H2,23,24,25,26). The molecule has 2 unspecified atom stereocenters. The number of hydrogen-bond donors (Lipinski definition) is 2. The fraction of sp³-hybridized carbons (Fsp3) is 0.238. The molecule has 1 aliphatic rings. The number of thioether (sulfide) groups is 1. The zero-order valence-electron chi connectivity index (χ0n) is 15.5.